The highest BCUT2D eigenvalue weighted by Crippen LogP contribution is 2.57. The smallest absolute Gasteiger partial charge is 0.252 e. The first-order valence-corrected chi connectivity index (χ1v) is 42.5. The zero-order valence-electron chi connectivity index (χ0n) is 67.1. The van der Waals surface area contributed by atoms with Crippen LogP contribution in [-0.4, -0.2) is 17.8 Å². The van der Waals surface area contributed by atoms with Crippen LogP contribution in [0.2, 0.25) is 0 Å². The summed E-state index contributed by atoms with van der Waals surface area (Å²) in [4.78, 5) is 15.4. The monoisotopic (exact) mass is 1560 g/mol. The van der Waals surface area contributed by atoms with Crippen LogP contribution in [-0.2, 0) is 0 Å². The average molecular weight is 1560 g/mol. The Hall–Kier alpha value is -16.1. The van der Waals surface area contributed by atoms with Gasteiger partial charge in [-0.3, -0.25) is 0 Å². The summed E-state index contributed by atoms with van der Waals surface area (Å²) in [5.41, 5.74) is 39.6. The predicted molar refractivity (Wildman–Crippen MR) is 520 cm³/mol. The molecule has 572 valence electrons. The largest absolute Gasteiger partial charge is 0.311 e. The van der Waals surface area contributed by atoms with E-state index in [-0.39, 0.29) is 13.4 Å². The molecule has 0 aliphatic carbocycles. The van der Waals surface area contributed by atoms with Crippen molar-refractivity contribution < 1.29 is 0 Å². The van der Waals surface area contributed by atoms with Crippen molar-refractivity contribution in [2.24, 2.45) is 0 Å². The zero-order valence-corrected chi connectivity index (χ0v) is 67.1. The second kappa shape index (κ2) is 28.3. The van der Waals surface area contributed by atoms with E-state index in [1.54, 1.807) is 0 Å². The van der Waals surface area contributed by atoms with Crippen molar-refractivity contribution in [3.05, 3.63) is 455 Å². The summed E-state index contributed by atoms with van der Waals surface area (Å²) < 4.78 is 2.64. The van der Waals surface area contributed by atoms with Crippen LogP contribution in [0.5, 0.6) is 0 Å². The molecule has 9 heteroatoms. The van der Waals surface area contributed by atoms with Gasteiger partial charge < -0.3 is 33.8 Å². The van der Waals surface area contributed by atoms with Crippen molar-refractivity contribution in [3.63, 3.8) is 0 Å². The number of hydrogen-bond acceptors (Lipinski definition) is 6. The Morgan fingerprint density at radius 3 is 0.789 bits per heavy atom. The third-order valence-electron chi connectivity index (χ3n) is 25.9. The molecule has 123 heavy (non-hydrogen) atoms. The minimum Gasteiger partial charge on any atom is -0.311 e. The Balaban J connectivity index is 0.773. The summed E-state index contributed by atoms with van der Waals surface area (Å²) in [6, 6.07) is 170. The Labute approximate surface area is 715 Å². The first-order chi connectivity index (χ1) is 61.1. The molecule has 0 saturated heterocycles. The maximum Gasteiger partial charge on any atom is 0.252 e. The van der Waals surface area contributed by atoms with E-state index in [1.165, 1.54) is 59.8 Å². The van der Waals surface area contributed by atoms with Gasteiger partial charge in [0, 0.05) is 123 Å². The van der Waals surface area contributed by atoms with Gasteiger partial charge in [-0.1, -0.05) is 334 Å². The van der Waals surface area contributed by atoms with Gasteiger partial charge in [-0.25, -0.2) is 0 Å². The van der Waals surface area contributed by atoms with E-state index < -0.39 is 0 Å². The van der Waals surface area contributed by atoms with Gasteiger partial charge in [-0.15, -0.1) is 0 Å². The predicted octanol–water partition coefficient (Wildman–Crippen LogP) is 26.6. The van der Waals surface area contributed by atoms with Crippen molar-refractivity contribution in [2.45, 2.75) is 0 Å². The highest BCUT2D eigenvalue weighted by atomic mass is 15.2. The second-order valence-electron chi connectivity index (χ2n) is 32.6. The summed E-state index contributed by atoms with van der Waals surface area (Å²) in [5, 5.41) is 4.84. The lowest BCUT2D eigenvalue weighted by molar-refractivity contribution is 1.22. The molecule has 19 aromatic carbocycles. The van der Waals surface area contributed by atoms with Gasteiger partial charge in [0.05, 0.1) is 39.3 Å². The fourth-order valence-electron chi connectivity index (χ4n) is 20.9. The maximum absolute atomic E-state index is 2.64. The minimum atomic E-state index is -0.217. The highest BCUT2D eigenvalue weighted by Gasteiger charge is 2.48. The fourth-order valence-corrected chi connectivity index (χ4v) is 20.9. The third-order valence-corrected chi connectivity index (χ3v) is 25.9. The lowest BCUT2D eigenvalue weighted by Crippen LogP contribution is -2.61. The van der Waals surface area contributed by atoms with E-state index in [9.17, 15) is 0 Å². The van der Waals surface area contributed by atoms with Gasteiger partial charge in [-0.05, 0) is 176 Å². The van der Waals surface area contributed by atoms with Crippen molar-refractivity contribution >= 4 is 187 Å². The minimum absolute atomic E-state index is 0.217. The molecule has 0 fully saturated rings. The zero-order chi connectivity index (χ0) is 80.7. The van der Waals surface area contributed by atoms with Gasteiger partial charge in [0.25, 0.3) is 13.4 Å². The molecule has 0 atom stereocenters. The molecule has 0 amide bonds. The van der Waals surface area contributed by atoms with Crippen LogP contribution >= 0.6 is 0 Å². The van der Waals surface area contributed by atoms with E-state index in [0.29, 0.717) is 0 Å². The number of hydrogen-bond donors (Lipinski definition) is 0. The van der Waals surface area contributed by atoms with Gasteiger partial charge in [0.1, 0.15) is 0 Å². The summed E-state index contributed by atoms with van der Waals surface area (Å²) in [6.45, 7) is -0.434. The van der Waals surface area contributed by atoms with Gasteiger partial charge >= 0.3 is 0 Å². The van der Waals surface area contributed by atoms with E-state index in [1.807, 2.05) is 0 Å². The molecule has 0 bridgehead atoms. The Bertz CT molecular complexity index is 7050. The van der Waals surface area contributed by atoms with Crippen LogP contribution in [0, 0.1) is 0 Å². The van der Waals surface area contributed by atoms with Crippen molar-refractivity contribution in [2.75, 3.05) is 29.4 Å². The Morgan fingerprint density at radius 2 is 0.463 bits per heavy atom. The number of rotatable bonds is 14. The van der Waals surface area contributed by atoms with E-state index >= 15 is 0 Å². The molecule has 0 unspecified atom stereocenters. The van der Waals surface area contributed by atoms with Crippen LogP contribution in [0.15, 0.2) is 455 Å². The van der Waals surface area contributed by atoms with Gasteiger partial charge in [0.2, 0.25) is 0 Å². The third kappa shape index (κ3) is 10.9. The molecule has 0 radical (unpaired) electrons. The average Bonchev–Trinajstić information content (AvgIpc) is 1.62. The molecular formula is C114H75B2N7. The molecule has 0 N–H and O–H groups in total. The number of benzene rings is 19. The lowest BCUT2D eigenvalue weighted by Gasteiger charge is -2.45. The number of fused-ring (bicyclic) bond motifs is 14. The van der Waals surface area contributed by atoms with Gasteiger partial charge in [-0.2, -0.15) is 0 Å². The molecule has 4 aliphatic heterocycles. The number of para-hydroxylation sites is 11. The first kappa shape index (κ1) is 70.0. The molecule has 2 aromatic heterocycles. The normalized spacial score (nSPS) is 12.8. The molecule has 0 spiro atoms. The molecular weight excluding hydrogens is 1490 g/mol. The SMILES string of the molecule is c1ccc(-c2cccc(-c3ccccc3)c2N2c3ccccc3B3c4cc5c6cccc7c8cc9c(cc8n(c5cc4N(c4ccccc4)c4cc(N(c5ccccc5)c5ccccc5)cc2c43)c67)N(c2ccccc2)c2cc(N(c3ccccc3)c3ccccc3)cc3c2B9c2ccccc2N3c2c(-c3ccccc3)cccc2-c2ccccc2)cc1. The van der Waals surface area contributed by atoms with Crippen LogP contribution in [0.3, 0.4) is 0 Å². The molecule has 25 rings (SSSR count). The van der Waals surface area contributed by atoms with E-state index in [0.717, 1.165) is 158 Å². The lowest BCUT2D eigenvalue weighted by atomic mass is 9.33. The standard InChI is InChI=1S/C114H75B2N7/c1-11-38-76(39-12-1)88-58-35-59-89(77-40-13-2-14-41-77)112(88)121-100-66-33-31-64-96(100)115-98-72-94-92-62-37-63-93-95-73-99-105(75-103(95)123(114(92)93)102(94)74-104(98)119(84-54-27-9-28-55-84)106-68-86(70-108(121)110(106)115)117(80-46-19-5-20-47-80)81-48-21-6-22-49-81)120(85-56-29-10-30-57-85)107-69-87(118(82-50-23-7-24-51-82)83-52-25-8-26-53-83)71-109-111(107)116(99)97-65-32-34-67-101(97)122(109)113-90(78-42-15-3-16-43-78)60-36-61-91(113)79-44-17-4-18-45-79/h1-75H. The maximum atomic E-state index is 2.64. The van der Waals surface area contributed by atoms with Crippen LogP contribution in [0.25, 0.3) is 82.6 Å². The summed E-state index contributed by atoms with van der Waals surface area (Å²) in [5.74, 6) is 0. The molecule has 6 heterocycles. The molecule has 7 nitrogen and oxygen atoms in total. The Kier molecular flexibility index (Phi) is 16.1. The van der Waals surface area contributed by atoms with Crippen LogP contribution < -0.4 is 62.2 Å². The molecule has 21 aromatic rings. The van der Waals surface area contributed by atoms with Crippen LogP contribution in [0.4, 0.5) is 102 Å². The van der Waals surface area contributed by atoms with Crippen molar-refractivity contribution in [3.8, 4) is 44.5 Å². The molecule has 4 aliphatic rings. The number of nitrogens with zero attached hydrogens (tertiary/aromatic N) is 7. The summed E-state index contributed by atoms with van der Waals surface area (Å²) >= 11 is 0. The van der Waals surface area contributed by atoms with Crippen LogP contribution in [0.1, 0.15) is 0 Å². The Morgan fingerprint density at radius 1 is 0.187 bits per heavy atom. The molecule has 0 saturated carbocycles. The summed E-state index contributed by atoms with van der Waals surface area (Å²) in [7, 11) is 0. The van der Waals surface area contributed by atoms with Gasteiger partial charge in [0.15, 0.2) is 0 Å². The topological polar surface area (TPSA) is 23.9 Å². The van der Waals surface area contributed by atoms with E-state index in [2.05, 4.69) is 489 Å². The fraction of sp³-hybridized carbons (Fsp3) is 0. The number of anilines is 18. The quantitative estimate of drug-likeness (QED) is 0.101. The first-order valence-electron chi connectivity index (χ1n) is 42.5. The highest BCUT2D eigenvalue weighted by molar-refractivity contribution is 7.01. The summed E-state index contributed by atoms with van der Waals surface area (Å²) in [6.07, 6.45) is 0. The second-order valence-corrected chi connectivity index (χ2v) is 32.6. The van der Waals surface area contributed by atoms with Crippen molar-refractivity contribution in [1.29, 1.82) is 0 Å². The van der Waals surface area contributed by atoms with E-state index in [4.69, 9.17) is 0 Å². The number of aromatic nitrogens is 1. The van der Waals surface area contributed by atoms with Crippen molar-refractivity contribution in [1.82, 2.24) is 4.40 Å².